The number of benzene rings is 1. The highest BCUT2D eigenvalue weighted by Crippen LogP contribution is 2.32. The predicted molar refractivity (Wildman–Crippen MR) is 141 cm³/mol. The fourth-order valence-electron chi connectivity index (χ4n) is 5.18. The summed E-state index contributed by atoms with van der Waals surface area (Å²) in [6.07, 6.45) is 11.0. The van der Waals surface area contributed by atoms with Gasteiger partial charge in [-0.2, -0.15) is 0 Å². The van der Waals surface area contributed by atoms with Crippen LogP contribution in [0.15, 0.2) is 59.9 Å². The van der Waals surface area contributed by atoms with Crippen molar-refractivity contribution in [1.29, 1.82) is 0 Å². The topological polar surface area (TPSA) is 75.5 Å². The van der Waals surface area contributed by atoms with E-state index in [1.54, 1.807) is 7.11 Å². The normalized spacial score (nSPS) is 18.5. The third-order valence-corrected chi connectivity index (χ3v) is 8.08. The first-order valence-electron chi connectivity index (χ1n) is 12.5. The van der Waals surface area contributed by atoms with Crippen LogP contribution in [-0.4, -0.2) is 58.4 Å². The molecule has 35 heavy (non-hydrogen) atoms. The summed E-state index contributed by atoms with van der Waals surface area (Å²) in [7, 11) is 1.69. The molecule has 3 heterocycles. The Kier molecular flexibility index (Phi) is 9.37. The van der Waals surface area contributed by atoms with Crippen molar-refractivity contribution in [2.75, 3.05) is 32.5 Å². The quantitative estimate of drug-likeness (QED) is 0.331. The van der Waals surface area contributed by atoms with Crippen molar-refractivity contribution < 1.29 is 14.6 Å². The van der Waals surface area contributed by atoms with E-state index in [-0.39, 0.29) is 6.42 Å². The van der Waals surface area contributed by atoms with E-state index in [0.29, 0.717) is 11.8 Å². The van der Waals surface area contributed by atoms with E-state index in [0.717, 1.165) is 74.1 Å². The maximum absolute atomic E-state index is 11.3. The van der Waals surface area contributed by atoms with Crippen LogP contribution in [0.5, 0.6) is 5.75 Å². The lowest BCUT2D eigenvalue weighted by Gasteiger charge is -2.39. The van der Waals surface area contributed by atoms with Gasteiger partial charge >= 0.3 is 5.97 Å². The number of pyridine rings is 2. The van der Waals surface area contributed by atoms with E-state index in [1.165, 1.54) is 10.5 Å². The number of likely N-dealkylation sites (tertiary alicyclic amines) is 1. The third-order valence-electron chi connectivity index (χ3n) is 7.09. The molecule has 0 aliphatic carbocycles. The molecule has 1 aliphatic rings. The molecule has 4 rings (SSSR count). The maximum Gasteiger partial charge on any atom is 0.303 e. The fourth-order valence-corrected chi connectivity index (χ4v) is 6.08. The van der Waals surface area contributed by atoms with Crippen LogP contribution in [0.25, 0.3) is 10.9 Å². The molecule has 1 aliphatic heterocycles. The minimum atomic E-state index is -0.689. The van der Waals surface area contributed by atoms with Gasteiger partial charge in [-0.25, -0.2) is 0 Å². The van der Waals surface area contributed by atoms with Crippen molar-refractivity contribution in [1.82, 2.24) is 14.9 Å². The van der Waals surface area contributed by atoms with Gasteiger partial charge in [-0.1, -0.05) is 0 Å². The SMILES string of the molecule is COc1ccc2nccc(CCC[C@@H]3CCN(CCSc4ccncc4)C[C@@H]3CCC(=O)O)c2c1. The number of carboxylic acids is 1. The van der Waals surface area contributed by atoms with Crippen LogP contribution >= 0.6 is 11.8 Å². The van der Waals surface area contributed by atoms with Gasteiger partial charge in [0.25, 0.3) is 0 Å². The molecule has 0 radical (unpaired) electrons. The molecular formula is C28H35N3O3S. The van der Waals surface area contributed by atoms with Gasteiger partial charge in [0.2, 0.25) is 0 Å². The molecule has 1 aromatic carbocycles. The van der Waals surface area contributed by atoms with Crippen molar-refractivity contribution in [3.8, 4) is 5.75 Å². The van der Waals surface area contributed by atoms with E-state index in [9.17, 15) is 9.90 Å². The molecule has 7 heteroatoms. The predicted octanol–water partition coefficient (Wildman–Crippen LogP) is 5.56. The molecule has 3 aromatic rings. The highest BCUT2D eigenvalue weighted by atomic mass is 32.2. The lowest BCUT2D eigenvalue weighted by atomic mass is 9.79. The van der Waals surface area contributed by atoms with E-state index in [2.05, 4.69) is 39.1 Å². The molecule has 1 N–H and O–H groups in total. The Morgan fingerprint density at radius 1 is 1.14 bits per heavy atom. The summed E-state index contributed by atoms with van der Waals surface area (Å²) >= 11 is 1.86. The van der Waals surface area contributed by atoms with Crippen molar-refractivity contribution >= 4 is 28.6 Å². The standard InChI is InChI=1S/C28H35N3O3S/c1-34-24-6-7-27-26(19-24)22(9-15-30-27)4-2-3-21-12-16-31(20-23(21)5-8-28(32)33)17-18-35-25-10-13-29-14-11-25/h6-7,9-11,13-15,19,21,23H,2-5,8,12,16-18,20H2,1H3,(H,32,33)/t21-,23+/m1/s1. The Morgan fingerprint density at radius 3 is 2.80 bits per heavy atom. The van der Waals surface area contributed by atoms with Gasteiger partial charge in [-0.15, -0.1) is 11.8 Å². The zero-order valence-corrected chi connectivity index (χ0v) is 21.3. The summed E-state index contributed by atoms with van der Waals surface area (Å²) in [6, 6.07) is 12.3. The number of rotatable bonds is 12. The van der Waals surface area contributed by atoms with Crippen LogP contribution in [-0.2, 0) is 11.2 Å². The van der Waals surface area contributed by atoms with Crippen LogP contribution in [0.1, 0.15) is 37.7 Å². The third kappa shape index (κ3) is 7.42. The first-order chi connectivity index (χ1) is 17.1. The van der Waals surface area contributed by atoms with Gasteiger partial charge in [0.15, 0.2) is 0 Å². The van der Waals surface area contributed by atoms with Crippen LogP contribution in [0.4, 0.5) is 0 Å². The number of aryl methyl sites for hydroxylation is 1. The van der Waals surface area contributed by atoms with Gasteiger partial charge < -0.3 is 14.7 Å². The number of piperidine rings is 1. The molecule has 0 saturated carbocycles. The molecule has 0 unspecified atom stereocenters. The summed E-state index contributed by atoms with van der Waals surface area (Å²) in [5.74, 6) is 2.24. The smallest absolute Gasteiger partial charge is 0.303 e. The van der Waals surface area contributed by atoms with E-state index >= 15 is 0 Å². The summed E-state index contributed by atoms with van der Waals surface area (Å²) in [5.41, 5.74) is 2.31. The summed E-state index contributed by atoms with van der Waals surface area (Å²) in [5, 5.41) is 10.5. The van der Waals surface area contributed by atoms with Crippen molar-refractivity contribution in [2.45, 2.75) is 43.4 Å². The highest BCUT2D eigenvalue weighted by Gasteiger charge is 2.29. The van der Waals surface area contributed by atoms with E-state index < -0.39 is 5.97 Å². The zero-order valence-electron chi connectivity index (χ0n) is 20.4. The second kappa shape index (κ2) is 12.9. The molecule has 186 valence electrons. The van der Waals surface area contributed by atoms with Gasteiger partial charge in [0.1, 0.15) is 5.75 Å². The van der Waals surface area contributed by atoms with Crippen LogP contribution < -0.4 is 4.74 Å². The Morgan fingerprint density at radius 2 is 2.00 bits per heavy atom. The number of ether oxygens (including phenoxy) is 1. The van der Waals surface area contributed by atoms with Gasteiger partial charge in [-0.3, -0.25) is 14.8 Å². The largest absolute Gasteiger partial charge is 0.497 e. The molecule has 0 amide bonds. The lowest BCUT2D eigenvalue weighted by molar-refractivity contribution is -0.137. The summed E-state index contributed by atoms with van der Waals surface area (Å²) < 4.78 is 5.42. The van der Waals surface area contributed by atoms with Gasteiger partial charge in [0, 0.05) is 54.1 Å². The Bertz CT molecular complexity index is 1100. The number of hydrogen-bond acceptors (Lipinski definition) is 6. The number of methoxy groups -OCH3 is 1. The number of aliphatic carboxylic acids is 1. The number of fused-ring (bicyclic) bond motifs is 1. The van der Waals surface area contributed by atoms with E-state index in [4.69, 9.17) is 4.74 Å². The summed E-state index contributed by atoms with van der Waals surface area (Å²) in [6.45, 7) is 3.14. The first-order valence-corrected chi connectivity index (χ1v) is 13.5. The number of hydrogen-bond donors (Lipinski definition) is 1. The molecule has 2 aromatic heterocycles. The Hall–Kier alpha value is -2.64. The number of carboxylic acid groups (broad SMARTS) is 1. The minimum absolute atomic E-state index is 0.259. The minimum Gasteiger partial charge on any atom is -0.497 e. The molecular weight excluding hydrogens is 458 g/mol. The average molecular weight is 494 g/mol. The number of aromatic nitrogens is 2. The monoisotopic (exact) mass is 493 g/mol. The maximum atomic E-state index is 11.3. The van der Waals surface area contributed by atoms with Crippen molar-refractivity contribution in [3.05, 3.63) is 60.6 Å². The van der Waals surface area contributed by atoms with Gasteiger partial charge in [0.05, 0.1) is 12.6 Å². The zero-order chi connectivity index (χ0) is 24.5. The summed E-state index contributed by atoms with van der Waals surface area (Å²) in [4.78, 5) is 23.7. The Labute approximate surface area is 212 Å². The number of nitrogens with zero attached hydrogens (tertiary/aromatic N) is 3. The second-order valence-electron chi connectivity index (χ2n) is 9.32. The average Bonchev–Trinajstić information content (AvgIpc) is 2.88. The first kappa shape index (κ1) is 25.5. The van der Waals surface area contributed by atoms with Crippen LogP contribution in [0, 0.1) is 11.8 Å². The molecule has 2 atom stereocenters. The van der Waals surface area contributed by atoms with E-state index in [1.807, 2.05) is 42.5 Å². The van der Waals surface area contributed by atoms with Crippen LogP contribution in [0.2, 0.25) is 0 Å². The molecule has 1 fully saturated rings. The second-order valence-corrected chi connectivity index (χ2v) is 10.5. The number of carbonyl (C=O) groups is 1. The van der Waals surface area contributed by atoms with Crippen molar-refractivity contribution in [3.63, 3.8) is 0 Å². The molecule has 0 bridgehead atoms. The van der Waals surface area contributed by atoms with Crippen molar-refractivity contribution in [2.24, 2.45) is 11.8 Å². The van der Waals surface area contributed by atoms with Crippen LogP contribution in [0.3, 0.4) is 0 Å². The van der Waals surface area contributed by atoms with Gasteiger partial charge in [-0.05, 0) is 92.4 Å². The molecule has 1 saturated heterocycles. The molecule has 0 spiro atoms. The molecule has 6 nitrogen and oxygen atoms in total. The fraction of sp³-hybridized carbons (Fsp3) is 0.464. The number of thioether (sulfide) groups is 1. The highest BCUT2D eigenvalue weighted by molar-refractivity contribution is 7.99. The lowest BCUT2D eigenvalue weighted by Crippen LogP contribution is -2.41. The Balaban J connectivity index is 1.31.